The molecule has 3 heteroatoms. The highest BCUT2D eigenvalue weighted by atomic mass is 19.1. The van der Waals surface area contributed by atoms with Crippen LogP contribution in [0.1, 0.15) is 38.8 Å². The van der Waals surface area contributed by atoms with Crippen molar-refractivity contribution in [2.75, 3.05) is 6.54 Å². The second kappa shape index (κ2) is 5.79. The van der Waals surface area contributed by atoms with Crippen LogP contribution in [0, 0.1) is 22.6 Å². The van der Waals surface area contributed by atoms with Gasteiger partial charge in [-0.05, 0) is 51.4 Å². The van der Waals surface area contributed by atoms with Gasteiger partial charge in [0.15, 0.2) is 0 Å². The molecule has 1 unspecified atom stereocenters. The van der Waals surface area contributed by atoms with Gasteiger partial charge in [-0.1, -0.05) is 12.1 Å². The third kappa shape index (κ3) is 4.54. The SMILES string of the molecule is CC(NCCC(C)(C)C#N)c1cccc(F)c1. The highest BCUT2D eigenvalue weighted by Crippen LogP contribution is 2.19. The molecule has 1 aromatic rings. The van der Waals surface area contributed by atoms with Crippen molar-refractivity contribution in [1.29, 1.82) is 5.26 Å². The quantitative estimate of drug-likeness (QED) is 0.847. The van der Waals surface area contributed by atoms with Crippen LogP contribution in [-0.2, 0) is 0 Å². The third-order valence-corrected chi connectivity index (χ3v) is 2.85. The number of hydrogen-bond acceptors (Lipinski definition) is 2. The standard InChI is InChI=1S/C14H19FN2/c1-11(12-5-4-6-13(15)9-12)17-8-7-14(2,3)10-16/h4-6,9,11,17H,7-8H2,1-3H3. The molecule has 2 nitrogen and oxygen atoms in total. The number of rotatable bonds is 5. The van der Waals surface area contributed by atoms with E-state index in [0.29, 0.717) is 0 Å². The Morgan fingerprint density at radius 1 is 1.47 bits per heavy atom. The summed E-state index contributed by atoms with van der Waals surface area (Å²) in [6, 6.07) is 8.95. The third-order valence-electron chi connectivity index (χ3n) is 2.85. The lowest BCUT2D eigenvalue weighted by Crippen LogP contribution is -2.24. The van der Waals surface area contributed by atoms with Gasteiger partial charge in [0, 0.05) is 6.04 Å². The van der Waals surface area contributed by atoms with Gasteiger partial charge in [0.2, 0.25) is 0 Å². The Hall–Kier alpha value is -1.40. The summed E-state index contributed by atoms with van der Waals surface area (Å²) in [5.41, 5.74) is 0.619. The summed E-state index contributed by atoms with van der Waals surface area (Å²) in [6.07, 6.45) is 0.781. The lowest BCUT2D eigenvalue weighted by Gasteiger charge is -2.18. The molecule has 0 bridgehead atoms. The van der Waals surface area contributed by atoms with Crippen molar-refractivity contribution >= 4 is 0 Å². The maximum Gasteiger partial charge on any atom is 0.123 e. The molecule has 17 heavy (non-hydrogen) atoms. The van der Waals surface area contributed by atoms with Crippen LogP contribution in [0.15, 0.2) is 24.3 Å². The van der Waals surface area contributed by atoms with Crippen molar-refractivity contribution in [3.05, 3.63) is 35.6 Å². The van der Waals surface area contributed by atoms with E-state index in [9.17, 15) is 4.39 Å². The number of nitrogens with one attached hydrogen (secondary N) is 1. The minimum Gasteiger partial charge on any atom is -0.310 e. The van der Waals surface area contributed by atoms with Crippen LogP contribution in [0.25, 0.3) is 0 Å². The van der Waals surface area contributed by atoms with Crippen LogP contribution in [0.4, 0.5) is 4.39 Å². The lowest BCUT2D eigenvalue weighted by molar-refractivity contribution is 0.416. The zero-order valence-corrected chi connectivity index (χ0v) is 10.6. The Labute approximate surface area is 102 Å². The van der Waals surface area contributed by atoms with Crippen molar-refractivity contribution in [3.63, 3.8) is 0 Å². The molecule has 0 saturated carbocycles. The Morgan fingerprint density at radius 2 is 2.18 bits per heavy atom. The summed E-state index contributed by atoms with van der Waals surface area (Å²) in [7, 11) is 0. The number of benzene rings is 1. The topological polar surface area (TPSA) is 35.8 Å². The molecule has 0 heterocycles. The van der Waals surface area contributed by atoms with Gasteiger partial charge in [0.05, 0.1) is 11.5 Å². The van der Waals surface area contributed by atoms with Crippen LogP contribution in [0.3, 0.4) is 0 Å². The fourth-order valence-electron chi connectivity index (χ4n) is 1.55. The minimum absolute atomic E-state index is 0.0974. The average molecular weight is 234 g/mol. The smallest absolute Gasteiger partial charge is 0.123 e. The zero-order valence-electron chi connectivity index (χ0n) is 10.6. The largest absolute Gasteiger partial charge is 0.310 e. The predicted molar refractivity (Wildman–Crippen MR) is 66.8 cm³/mol. The molecule has 0 saturated heterocycles. The maximum absolute atomic E-state index is 13.0. The molecule has 1 atom stereocenters. The number of nitrogens with zero attached hydrogens (tertiary/aromatic N) is 1. The molecule has 0 aliphatic heterocycles. The number of nitriles is 1. The summed E-state index contributed by atoms with van der Waals surface area (Å²) < 4.78 is 13.0. The van der Waals surface area contributed by atoms with Gasteiger partial charge in [0.25, 0.3) is 0 Å². The van der Waals surface area contributed by atoms with E-state index in [2.05, 4.69) is 11.4 Å². The molecular formula is C14H19FN2. The number of halogens is 1. The van der Waals surface area contributed by atoms with E-state index in [0.717, 1.165) is 18.5 Å². The monoisotopic (exact) mass is 234 g/mol. The fraction of sp³-hybridized carbons (Fsp3) is 0.500. The van der Waals surface area contributed by atoms with Crippen molar-refractivity contribution in [3.8, 4) is 6.07 Å². The van der Waals surface area contributed by atoms with Crippen molar-refractivity contribution < 1.29 is 4.39 Å². The second-order valence-corrected chi connectivity index (χ2v) is 4.98. The van der Waals surface area contributed by atoms with E-state index in [4.69, 9.17) is 5.26 Å². The Kier molecular flexibility index (Phi) is 4.65. The van der Waals surface area contributed by atoms with Crippen LogP contribution < -0.4 is 5.32 Å². The van der Waals surface area contributed by atoms with E-state index in [1.165, 1.54) is 12.1 Å². The molecule has 0 fully saturated rings. The molecule has 0 spiro atoms. The van der Waals surface area contributed by atoms with Gasteiger partial charge in [-0.15, -0.1) is 0 Å². The zero-order chi connectivity index (χ0) is 12.9. The van der Waals surface area contributed by atoms with Gasteiger partial charge in [-0.3, -0.25) is 0 Å². The molecular weight excluding hydrogens is 215 g/mol. The first-order valence-corrected chi connectivity index (χ1v) is 5.85. The maximum atomic E-state index is 13.0. The predicted octanol–water partition coefficient (Wildman–Crippen LogP) is 3.42. The first-order valence-electron chi connectivity index (χ1n) is 5.85. The summed E-state index contributed by atoms with van der Waals surface area (Å²) in [5, 5.41) is 12.2. The Morgan fingerprint density at radius 3 is 2.76 bits per heavy atom. The minimum atomic E-state index is -0.311. The molecule has 0 amide bonds. The van der Waals surface area contributed by atoms with E-state index >= 15 is 0 Å². The summed E-state index contributed by atoms with van der Waals surface area (Å²) in [5.74, 6) is -0.214. The molecule has 1 rings (SSSR count). The van der Waals surface area contributed by atoms with Crippen molar-refractivity contribution in [2.45, 2.75) is 33.2 Å². The summed E-state index contributed by atoms with van der Waals surface area (Å²) >= 11 is 0. The normalized spacial score (nSPS) is 13.1. The molecule has 1 aromatic carbocycles. The second-order valence-electron chi connectivity index (χ2n) is 4.98. The molecule has 0 aliphatic rings. The highest BCUT2D eigenvalue weighted by molar-refractivity contribution is 5.19. The molecule has 1 N–H and O–H groups in total. The average Bonchev–Trinajstić information content (AvgIpc) is 2.28. The van der Waals surface area contributed by atoms with E-state index < -0.39 is 0 Å². The summed E-state index contributed by atoms with van der Waals surface area (Å²) in [6.45, 7) is 6.58. The van der Waals surface area contributed by atoms with Gasteiger partial charge >= 0.3 is 0 Å². The Balaban J connectivity index is 2.46. The van der Waals surface area contributed by atoms with E-state index in [1.54, 1.807) is 6.07 Å². The van der Waals surface area contributed by atoms with Crippen LogP contribution in [-0.4, -0.2) is 6.54 Å². The molecule has 0 aromatic heterocycles. The van der Waals surface area contributed by atoms with Crippen LogP contribution in [0.5, 0.6) is 0 Å². The van der Waals surface area contributed by atoms with Crippen LogP contribution >= 0.6 is 0 Å². The molecule has 0 radical (unpaired) electrons. The van der Waals surface area contributed by atoms with Gasteiger partial charge in [-0.25, -0.2) is 4.39 Å². The Bertz CT molecular complexity index is 407. The number of hydrogen-bond donors (Lipinski definition) is 1. The van der Waals surface area contributed by atoms with Crippen LogP contribution in [0.2, 0.25) is 0 Å². The molecule has 92 valence electrons. The van der Waals surface area contributed by atoms with Crippen molar-refractivity contribution in [1.82, 2.24) is 5.32 Å². The lowest BCUT2D eigenvalue weighted by atomic mass is 9.91. The van der Waals surface area contributed by atoms with E-state index in [1.807, 2.05) is 26.8 Å². The highest BCUT2D eigenvalue weighted by Gasteiger charge is 2.16. The summed E-state index contributed by atoms with van der Waals surface area (Å²) in [4.78, 5) is 0. The van der Waals surface area contributed by atoms with E-state index in [-0.39, 0.29) is 17.3 Å². The first kappa shape index (κ1) is 13.7. The van der Waals surface area contributed by atoms with Crippen molar-refractivity contribution in [2.24, 2.45) is 5.41 Å². The van der Waals surface area contributed by atoms with Gasteiger partial charge < -0.3 is 5.32 Å². The first-order chi connectivity index (χ1) is 7.94. The fourth-order valence-corrected chi connectivity index (χ4v) is 1.55. The molecule has 0 aliphatic carbocycles. The van der Waals surface area contributed by atoms with Gasteiger partial charge in [-0.2, -0.15) is 5.26 Å². The van der Waals surface area contributed by atoms with Gasteiger partial charge in [0.1, 0.15) is 5.82 Å².